The molecule has 20 heavy (non-hydrogen) atoms. The lowest BCUT2D eigenvalue weighted by atomic mass is 10.2. The largest absolute Gasteiger partial charge is 0.281 e. The van der Waals surface area contributed by atoms with Crippen LogP contribution in [0.2, 0.25) is 10.2 Å². The number of hydrogen-bond acceptors (Lipinski definition) is 5. The standard InChI is InChI=1S/C12H5Cl2N3O2S/c13-6-4-5-20-10(6)12-15-7-2-1-3-8(17(18)19)9(7)11(14)16-12/h1-5H. The second kappa shape index (κ2) is 4.97. The van der Waals surface area contributed by atoms with Crippen LogP contribution in [-0.2, 0) is 0 Å². The van der Waals surface area contributed by atoms with Gasteiger partial charge < -0.3 is 0 Å². The second-order valence-corrected chi connectivity index (χ2v) is 5.55. The molecular weight excluding hydrogens is 321 g/mol. The van der Waals surface area contributed by atoms with Gasteiger partial charge in [-0.2, -0.15) is 0 Å². The van der Waals surface area contributed by atoms with Gasteiger partial charge >= 0.3 is 0 Å². The molecule has 0 unspecified atom stereocenters. The van der Waals surface area contributed by atoms with Gasteiger partial charge in [-0.25, -0.2) is 9.97 Å². The summed E-state index contributed by atoms with van der Waals surface area (Å²) in [5.41, 5.74) is 0.301. The molecule has 2 heterocycles. The lowest BCUT2D eigenvalue weighted by Gasteiger charge is -2.04. The molecule has 0 saturated heterocycles. The van der Waals surface area contributed by atoms with Crippen LogP contribution in [-0.4, -0.2) is 14.9 Å². The third kappa shape index (κ3) is 2.11. The Kier molecular flexibility index (Phi) is 3.29. The van der Waals surface area contributed by atoms with E-state index in [-0.39, 0.29) is 16.2 Å². The van der Waals surface area contributed by atoms with Crippen molar-refractivity contribution in [1.82, 2.24) is 9.97 Å². The fraction of sp³-hybridized carbons (Fsp3) is 0. The molecule has 0 amide bonds. The SMILES string of the molecule is O=[N+]([O-])c1cccc2nc(-c3sccc3Cl)nc(Cl)c12. The highest BCUT2D eigenvalue weighted by Gasteiger charge is 2.19. The first kappa shape index (κ1) is 13.2. The number of rotatable bonds is 2. The smallest absolute Gasteiger partial charge is 0.258 e. The van der Waals surface area contributed by atoms with Crippen LogP contribution < -0.4 is 0 Å². The van der Waals surface area contributed by atoms with Gasteiger partial charge in [-0.3, -0.25) is 10.1 Å². The van der Waals surface area contributed by atoms with Crippen molar-refractivity contribution in [1.29, 1.82) is 0 Å². The van der Waals surface area contributed by atoms with E-state index in [1.807, 2.05) is 5.38 Å². The predicted molar refractivity (Wildman–Crippen MR) is 79.5 cm³/mol. The lowest BCUT2D eigenvalue weighted by Crippen LogP contribution is -1.95. The number of aromatic nitrogens is 2. The highest BCUT2D eigenvalue weighted by atomic mass is 35.5. The topological polar surface area (TPSA) is 68.9 Å². The molecule has 0 N–H and O–H groups in total. The fourth-order valence-electron chi connectivity index (χ4n) is 1.83. The van der Waals surface area contributed by atoms with E-state index < -0.39 is 4.92 Å². The van der Waals surface area contributed by atoms with Crippen molar-refractivity contribution < 1.29 is 4.92 Å². The Morgan fingerprint density at radius 2 is 2.00 bits per heavy atom. The van der Waals surface area contributed by atoms with Gasteiger partial charge in [0.1, 0.15) is 10.5 Å². The second-order valence-electron chi connectivity index (χ2n) is 3.86. The normalized spacial score (nSPS) is 10.9. The lowest BCUT2D eigenvalue weighted by molar-refractivity contribution is -0.383. The molecule has 5 nitrogen and oxygen atoms in total. The van der Waals surface area contributed by atoms with Crippen LogP contribution in [0.3, 0.4) is 0 Å². The van der Waals surface area contributed by atoms with E-state index >= 15 is 0 Å². The summed E-state index contributed by atoms with van der Waals surface area (Å²) >= 11 is 13.5. The Labute approximate surface area is 127 Å². The molecule has 100 valence electrons. The highest BCUT2D eigenvalue weighted by Crippen LogP contribution is 2.35. The minimum atomic E-state index is -0.505. The quantitative estimate of drug-likeness (QED) is 0.393. The van der Waals surface area contributed by atoms with Crippen LogP contribution >= 0.6 is 34.5 Å². The Bertz CT molecular complexity index is 835. The van der Waals surface area contributed by atoms with Crippen molar-refractivity contribution in [2.24, 2.45) is 0 Å². The molecule has 8 heteroatoms. The van der Waals surface area contributed by atoms with Crippen LogP contribution in [0.5, 0.6) is 0 Å². The maximum absolute atomic E-state index is 11.0. The van der Waals surface area contributed by atoms with E-state index in [0.717, 1.165) is 0 Å². The van der Waals surface area contributed by atoms with Crippen LogP contribution in [0.1, 0.15) is 0 Å². The van der Waals surface area contributed by atoms with E-state index in [2.05, 4.69) is 9.97 Å². The molecule has 0 bridgehead atoms. The number of non-ortho nitro benzene ring substituents is 1. The number of benzene rings is 1. The van der Waals surface area contributed by atoms with Gasteiger partial charge in [-0.15, -0.1) is 11.3 Å². The number of fused-ring (bicyclic) bond motifs is 1. The molecule has 0 radical (unpaired) electrons. The summed E-state index contributed by atoms with van der Waals surface area (Å²) in [6.45, 7) is 0. The van der Waals surface area contributed by atoms with E-state index in [1.165, 1.54) is 17.4 Å². The van der Waals surface area contributed by atoms with Gasteiger partial charge in [-0.1, -0.05) is 29.3 Å². The molecule has 0 spiro atoms. The number of nitro groups is 1. The van der Waals surface area contributed by atoms with Gasteiger partial charge in [-0.05, 0) is 17.5 Å². The molecule has 0 fully saturated rings. The summed E-state index contributed by atoms with van der Waals surface area (Å²) in [5, 5.41) is 13.6. The minimum Gasteiger partial charge on any atom is -0.258 e. The average Bonchev–Trinajstić information content (AvgIpc) is 2.84. The van der Waals surface area contributed by atoms with Gasteiger partial charge in [0.25, 0.3) is 5.69 Å². The predicted octanol–water partition coefficient (Wildman–Crippen LogP) is 4.57. The first-order chi connectivity index (χ1) is 9.58. The van der Waals surface area contributed by atoms with Crippen molar-refractivity contribution in [3.63, 3.8) is 0 Å². The molecule has 3 aromatic rings. The Hall–Kier alpha value is -1.76. The third-order valence-corrected chi connectivity index (χ3v) is 4.29. The Morgan fingerprint density at radius 1 is 1.20 bits per heavy atom. The van der Waals surface area contributed by atoms with Crippen LogP contribution in [0.25, 0.3) is 21.6 Å². The van der Waals surface area contributed by atoms with E-state index in [0.29, 0.717) is 21.2 Å². The number of nitrogens with zero attached hydrogens (tertiary/aromatic N) is 3. The number of hydrogen-bond donors (Lipinski definition) is 0. The van der Waals surface area contributed by atoms with Crippen molar-refractivity contribution in [2.75, 3.05) is 0 Å². The molecule has 2 aromatic heterocycles. The van der Waals surface area contributed by atoms with E-state index in [1.54, 1.807) is 18.2 Å². The first-order valence-electron chi connectivity index (χ1n) is 5.42. The summed E-state index contributed by atoms with van der Waals surface area (Å²) in [5.74, 6) is 0.364. The molecule has 1 aromatic carbocycles. The summed E-state index contributed by atoms with van der Waals surface area (Å²) in [6.07, 6.45) is 0. The number of halogens is 2. The molecule has 0 aliphatic rings. The third-order valence-electron chi connectivity index (χ3n) is 2.67. The average molecular weight is 326 g/mol. The van der Waals surface area contributed by atoms with E-state index in [4.69, 9.17) is 23.2 Å². The molecule has 0 aliphatic heterocycles. The van der Waals surface area contributed by atoms with Crippen molar-refractivity contribution in [2.45, 2.75) is 0 Å². The summed E-state index contributed by atoms with van der Waals surface area (Å²) in [6, 6.07) is 6.32. The summed E-state index contributed by atoms with van der Waals surface area (Å²) < 4.78 is 0. The van der Waals surface area contributed by atoms with Crippen LogP contribution in [0.15, 0.2) is 29.6 Å². The van der Waals surface area contributed by atoms with Gasteiger partial charge in [0, 0.05) is 6.07 Å². The monoisotopic (exact) mass is 325 g/mol. The van der Waals surface area contributed by atoms with Crippen LogP contribution in [0.4, 0.5) is 5.69 Å². The highest BCUT2D eigenvalue weighted by molar-refractivity contribution is 7.14. The minimum absolute atomic E-state index is 0.0433. The zero-order valence-corrected chi connectivity index (χ0v) is 12.0. The molecule has 3 rings (SSSR count). The first-order valence-corrected chi connectivity index (χ1v) is 7.05. The molecular formula is C12H5Cl2N3O2S. The van der Waals surface area contributed by atoms with Crippen molar-refractivity contribution in [3.05, 3.63) is 49.9 Å². The van der Waals surface area contributed by atoms with E-state index in [9.17, 15) is 10.1 Å². The Balaban J connectivity index is 2.32. The van der Waals surface area contributed by atoms with Gasteiger partial charge in [0.05, 0.1) is 20.3 Å². The maximum Gasteiger partial charge on any atom is 0.281 e. The number of nitro benzene ring substituents is 1. The summed E-state index contributed by atoms with van der Waals surface area (Å²) in [7, 11) is 0. The fourth-order valence-corrected chi connectivity index (χ4v) is 3.17. The zero-order valence-electron chi connectivity index (χ0n) is 9.71. The Morgan fingerprint density at radius 3 is 2.65 bits per heavy atom. The van der Waals surface area contributed by atoms with Crippen LogP contribution in [0, 0.1) is 10.1 Å². The zero-order chi connectivity index (χ0) is 14.3. The van der Waals surface area contributed by atoms with Gasteiger partial charge in [0.2, 0.25) is 0 Å². The summed E-state index contributed by atoms with van der Waals surface area (Å²) in [4.78, 5) is 19.6. The maximum atomic E-state index is 11.0. The molecule has 0 atom stereocenters. The molecule has 0 saturated carbocycles. The number of thiophene rings is 1. The molecule has 0 aliphatic carbocycles. The van der Waals surface area contributed by atoms with Crippen molar-refractivity contribution in [3.8, 4) is 10.7 Å². The van der Waals surface area contributed by atoms with Gasteiger partial charge in [0.15, 0.2) is 5.82 Å². The van der Waals surface area contributed by atoms with Crippen molar-refractivity contribution >= 4 is 51.1 Å².